The van der Waals surface area contributed by atoms with Crippen molar-refractivity contribution in [1.29, 1.82) is 0 Å². The second kappa shape index (κ2) is 7.61. The number of benzene rings is 1. The summed E-state index contributed by atoms with van der Waals surface area (Å²) in [5.41, 5.74) is 1.51. The smallest absolute Gasteiger partial charge is 0.306 e. The van der Waals surface area contributed by atoms with Gasteiger partial charge in [-0.3, -0.25) is 9.69 Å². The van der Waals surface area contributed by atoms with Crippen LogP contribution in [0.25, 0.3) is 11.4 Å². The summed E-state index contributed by atoms with van der Waals surface area (Å²) in [7, 11) is 0. The van der Waals surface area contributed by atoms with Crippen LogP contribution in [0.4, 0.5) is 13.2 Å². The van der Waals surface area contributed by atoms with Crippen LogP contribution in [0.15, 0.2) is 47.4 Å². The predicted octanol–water partition coefficient (Wildman–Crippen LogP) is 4.06. The topological polar surface area (TPSA) is 61.9 Å². The molecule has 1 N–H and O–H groups in total. The van der Waals surface area contributed by atoms with E-state index in [-0.39, 0.29) is 11.4 Å². The van der Waals surface area contributed by atoms with Crippen molar-refractivity contribution >= 4 is 11.6 Å². The average molecular weight is 421 g/mol. The lowest BCUT2D eigenvalue weighted by molar-refractivity contribution is -0.137. The second-order valence-electron chi connectivity index (χ2n) is 6.83. The Bertz CT molecular complexity index is 1100. The zero-order chi connectivity index (χ0) is 20.6. The lowest BCUT2D eigenvalue weighted by Gasteiger charge is -2.27. The van der Waals surface area contributed by atoms with E-state index in [1.807, 2.05) is 12.1 Å². The van der Waals surface area contributed by atoms with Gasteiger partial charge in [-0.2, -0.15) is 13.2 Å². The molecule has 0 saturated heterocycles. The van der Waals surface area contributed by atoms with Gasteiger partial charge < -0.3 is 4.98 Å². The minimum Gasteiger partial charge on any atom is -0.306 e. The van der Waals surface area contributed by atoms with E-state index in [0.717, 1.165) is 17.7 Å². The van der Waals surface area contributed by atoms with Gasteiger partial charge in [-0.05, 0) is 18.2 Å². The SMILES string of the molecule is O=c1[nH]c(-c2ccc(C(F)(F)F)cc2)nc2c1CN(Cc1cccnc1Cl)CC2. The normalized spacial score (nSPS) is 14.6. The first-order chi connectivity index (χ1) is 13.8. The third kappa shape index (κ3) is 4.18. The number of H-pyrrole nitrogens is 1. The highest BCUT2D eigenvalue weighted by atomic mass is 35.5. The van der Waals surface area contributed by atoms with Gasteiger partial charge in [-0.15, -0.1) is 0 Å². The van der Waals surface area contributed by atoms with E-state index in [9.17, 15) is 18.0 Å². The molecule has 9 heteroatoms. The number of rotatable bonds is 3. The molecule has 0 bridgehead atoms. The highest BCUT2D eigenvalue weighted by Gasteiger charge is 2.30. The van der Waals surface area contributed by atoms with Gasteiger partial charge in [0, 0.05) is 43.4 Å². The largest absolute Gasteiger partial charge is 0.416 e. The summed E-state index contributed by atoms with van der Waals surface area (Å²) in [6.07, 6.45) is -2.23. The van der Waals surface area contributed by atoms with Crippen LogP contribution in [0.5, 0.6) is 0 Å². The van der Waals surface area contributed by atoms with Gasteiger partial charge in [0.15, 0.2) is 0 Å². The Morgan fingerprint density at radius 2 is 1.93 bits per heavy atom. The monoisotopic (exact) mass is 420 g/mol. The minimum absolute atomic E-state index is 0.270. The number of aromatic amines is 1. The molecule has 0 unspecified atom stereocenters. The molecule has 150 valence electrons. The predicted molar refractivity (Wildman–Crippen MR) is 102 cm³/mol. The Labute approximate surface area is 169 Å². The van der Waals surface area contributed by atoms with Crippen molar-refractivity contribution in [2.45, 2.75) is 25.7 Å². The van der Waals surface area contributed by atoms with Crippen LogP contribution < -0.4 is 5.56 Å². The molecule has 29 heavy (non-hydrogen) atoms. The first-order valence-corrected chi connectivity index (χ1v) is 9.30. The molecule has 4 rings (SSSR count). The molecule has 3 heterocycles. The number of aromatic nitrogens is 3. The standard InChI is InChI=1S/C20H16ClF3N4O/c21-17-13(2-1-8-25-17)10-28-9-7-16-15(11-28)19(29)27-18(26-16)12-3-5-14(6-4-12)20(22,23)24/h1-6,8H,7,9-11H2,(H,26,27,29). The van der Waals surface area contributed by atoms with E-state index in [4.69, 9.17) is 11.6 Å². The van der Waals surface area contributed by atoms with Crippen LogP contribution in [0.1, 0.15) is 22.4 Å². The number of pyridine rings is 1. The van der Waals surface area contributed by atoms with E-state index in [1.54, 1.807) is 6.20 Å². The molecule has 0 radical (unpaired) electrons. The summed E-state index contributed by atoms with van der Waals surface area (Å²) in [5.74, 6) is 0.270. The lowest BCUT2D eigenvalue weighted by Crippen LogP contribution is -2.35. The third-order valence-electron chi connectivity index (χ3n) is 4.86. The molecule has 1 aromatic carbocycles. The van der Waals surface area contributed by atoms with Crippen LogP contribution in [0.2, 0.25) is 5.15 Å². The molecule has 0 amide bonds. The first-order valence-electron chi connectivity index (χ1n) is 8.93. The molecule has 1 aliphatic heterocycles. The maximum Gasteiger partial charge on any atom is 0.416 e. The summed E-state index contributed by atoms with van der Waals surface area (Å²) in [6, 6.07) is 8.28. The molecule has 0 aliphatic carbocycles. The molecular weight excluding hydrogens is 405 g/mol. The quantitative estimate of drug-likeness (QED) is 0.649. The van der Waals surface area contributed by atoms with Crippen molar-refractivity contribution in [3.05, 3.63) is 80.5 Å². The van der Waals surface area contributed by atoms with Crippen molar-refractivity contribution in [3.63, 3.8) is 0 Å². The van der Waals surface area contributed by atoms with Crippen molar-refractivity contribution in [3.8, 4) is 11.4 Å². The second-order valence-corrected chi connectivity index (χ2v) is 7.19. The maximum absolute atomic E-state index is 12.7. The maximum atomic E-state index is 12.7. The zero-order valence-corrected chi connectivity index (χ0v) is 15.9. The molecule has 2 aromatic heterocycles. The molecule has 3 aromatic rings. The van der Waals surface area contributed by atoms with Crippen LogP contribution in [0, 0.1) is 0 Å². The van der Waals surface area contributed by atoms with Crippen LogP contribution in [0.3, 0.4) is 0 Å². The molecule has 0 spiro atoms. The summed E-state index contributed by atoms with van der Waals surface area (Å²) in [5, 5.41) is 0.433. The zero-order valence-electron chi connectivity index (χ0n) is 15.1. The summed E-state index contributed by atoms with van der Waals surface area (Å²) < 4.78 is 38.2. The fourth-order valence-corrected chi connectivity index (χ4v) is 3.53. The highest BCUT2D eigenvalue weighted by molar-refractivity contribution is 6.30. The van der Waals surface area contributed by atoms with Crippen molar-refractivity contribution in [2.24, 2.45) is 0 Å². The van der Waals surface area contributed by atoms with Crippen LogP contribution in [-0.2, 0) is 25.7 Å². The minimum atomic E-state index is -4.41. The Kier molecular flexibility index (Phi) is 5.14. The van der Waals surface area contributed by atoms with Gasteiger partial charge >= 0.3 is 6.18 Å². The lowest BCUT2D eigenvalue weighted by atomic mass is 10.1. The van der Waals surface area contributed by atoms with E-state index in [1.165, 1.54) is 12.1 Å². The summed E-state index contributed by atoms with van der Waals surface area (Å²) >= 11 is 6.11. The van der Waals surface area contributed by atoms with E-state index < -0.39 is 11.7 Å². The Hall–Kier alpha value is -2.71. The summed E-state index contributed by atoms with van der Waals surface area (Å²) in [4.78, 5) is 25.9. The van der Waals surface area contributed by atoms with Gasteiger partial charge in [0.25, 0.3) is 5.56 Å². The molecule has 0 atom stereocenters. The summed E-state index contributed by atoms with van der Waals surface area (Å²) in [6.45, 7) is 1.66. The third-order valence-corrected chi connectivity index (χ3v) is 5.20. The van der Waals surface area contributed by atoms with Crippen molar-refractivity contribution in [2.75, 3.05) is 6.54 Å². The number of halogens is 4. The van der Waals surface area contributed by atoms with Crippen molar-refractivity contribution in [1.82, 2.24) is 19.9 Å². The number of alkyl halides is 3. The fraction of sp³-hybridized carbons (Fsp3) is 0.250. The van der Waals surface area contributed by atoms with Gasteiger partial charge in [0.05, 0.1) is 16.8 Å². The highest BCUT2D eigenvalue weighted by Crippen LogP contribution is 2.30. The number of nitrogens with zero attached hydrogens (tertiary/aromatic N) is 3. The molecule has 1 aliphatic rings. The van der Waals surface area contributed by atoms with Gasteiger partial charge in [0.2, 0.25) is 0 Å². The Balaban J connectivity index is 1.57. The van der Waals surface area contributed by atoms with Gasteiger partial charge in [0.1, 0.15) is 11.0 Å². The van der Waals surface area contributed by atoms with Gasteiger partial charge in [-0.25, -0.2) is 9.97 Å². The molecule has 5 nitrogen and oxygen atoms in total. The molecule has 0 saturated carbocycles. The van der Waals surface area contributed by atoms with Crippen molar-refractivity contribution < 1.29 is 13.2 Å². The number of hydrogen-bond donors (Lipinski definition) is 1. The number of nitrogens with one attached hydrogen (secondary N) is 1. The fourth-order valence-electron chi connectivity index (χ4n) is 3.35. The van der Waals surface area contributed by atoms with E-state index in [0.29, 0.717) is 48.0 Å². The average Bonchev–Trinajstić information content (AvgIpc) is 2.69. The van der Waals surface area contributed by atoms with E-state index in [2.05, 4.69) is 19.9 Å². The first kappa shape index (κ1) is 19.6. The van der Waals surface area contributed by atoms with E-state index >= 15 is 0 Å². The van der Waals surface area contributed by atoms with Crippen LogP contribution in [-0.4, -0.2) is 26.4 Å². The molecule has 0 fully saturated rings. The Morgan fingerprint density at radius 1 is 1.17 bits per heavy atom. The van der Waals surface area contributed by atoms with Gasteiger partial charge in [-0.1, -0.05) is 29.8 Å². The number of fused-ring (bicyclic) bond motifs is 1. The molecular formula is C20H16ClF3N4O. The van der Waals surface area contributed by atoms with Crippen LogP contribution >= 0.6 is 11.6 Å². The Morgan fingerprint density at radius 3 is 2.62 bits per heavy atom. The number of hydrogen-bond acceptors (Lipinski definition) is 4.